The van der Waals surface area contributed by atoms with Crippen LogP contribution in [0, 0.1) is 0 Å². The quantitative estimate of drug-likeness (QED) is 0.741. The summed E-state index contributed by atoms with van der Waals surface area (Å²) in [6, 6.07) is 6.33. The number of aryl methyl sites for hydroxylation is 1. The molecular formula is C17H25NO5S2. The van der Waals surface area contributed by atoms with Crippen LogP contribution in [0.3, 0.4) is 0 Å². The fourth-order valence-corrected chi connectivity index (χ4v) is 6.98. The molecule has 0 aliphatic carbocycles. The molecule has 0 unspecified atom stereocenters. The predicted octanol–water partition coefficient (Wildman–Crippen LogP) is 1.61. The maximum Gasteiger partial charge on any atom is 0.243 e. The minimum atomic E-state index is -3.76. The van der Waals surface area contributed by atoms with E-state index in [0.717, 1.165) is 24.8 Å². The topological polar surface area (TPSA) is 80.8 Å². The minimum absolute atomic E-state index is 0.0456. The van der Waals surface area contributed by atoms with E-state index in [0.29, 0.717) is 13.0 Å². The molecule has 1 aromatic carbocycles. The molecule has 25 heavy (non-hydrogen) atoms. The number of ether oxygens (including phenoxy) is 1. The van der Waals surface area contributed by atoms with Crippen LogP contribution in [-0.4, -0.2) is 57.9 Å². The molecule has 2 aliphatic rings. The Balaban J connectivity index is 1.90. The van der Waals surface area contributed by atoms with E-state index in [-0.39, 0.29) is 29.0 Å². The lowest BCUT2D eigenvalue weighted by molar-refractivity contribution is 0.0877. The number of benzene rings is 1. The first-order valence-electron chi connectivity index (χ1n) is 8.74. The van der Waals surface area contributed by atoms with E-state index in [1.165, 1.54) is 4.31 Å². The summed E-state index contributed by atoms with van der Waals surface area (Å²) in [4.78, 5) is 0.215. The van der Waals surface area contributed by atoms with Crippen LogP contribution in [0.4, 0.5) is 0 Å². The maximum atomic E-state index is 13.2. The van der Waals surface area contributed by atoms with Crippen molar-refractivity contribution >= 4 is 19.9 Å². The molecule has 140 valence electrons. The van der Waals surface area contributed by atoms with Crippen molar-refractivity contribution in [2.75, 3.05) is 24.7 Å². The first-order valence-corrected chi connectivity index (χ1v) is 12.0. The van der Waals surface area contributed by atoms with E-state index in [9.17, 15) is 16.8 Å². The second-order valence-corrected chi connectivity index (χ2v) is 10.9. The fraction of sp³-hybridized carbons (Fsp3) is 0.647. The minimum Gasteiger partial charge on any atom is -0.377 e. The summed E-state index contributed by atoms with van der Waals surface area (Å²) >= 11 is 0. The summed E-state index contributed by atoms with van der Waals surface area (Å²) in [6.07, 6.45) is 2.74. The first kappa shape index (κ1) is 18.8. The lowest BCUT2D eigenvalue weighted by Crippen LogP contribution is -2.45. The highest BCUT2D eigenvalue weighted by Gasteiger charge is 2.40. The molecule has 0 saturated carbocycles. The highest BCUT2D eigenvalue weighted by molar-refractivity contribution is 7.92. The van der Waals surface area contributed by atoms with Gasteiger partial charge in [0, 0.05) is 19.2 Å². The molecule has 2 aliphatic heterocycles. The average molecular weight is 388 g/mol. The molecule has 3 rings (SSSR count). The summed E-state index contributed by atoms with van der Waals surface area (Å²) in [7, 11) is -6.93. The lowest BCUT2D eigenvalue weighted by Gasteiger charge is -2.29. The normalized spacial score (nSPS) is 26.3. The van der Waals surface area contributed by atoms with Gasteiger partial charge in [0.2, 0.25) is 10.0 Å². The van der Waals surface area contributed by atoms with Crippen LogP contribution in [0.15, 0.2) is 29.2 Å². The second kappa shape index (κ2) is 7.34. The standard InChI is InChI=1S/C17H25NO5S2/c1-2-14-5-7-17(8-6-14)25(21,22)18(12-16-4-3-10-23-16)15-9-11-24(19,20)13-15/h5-8,15-16H,2-4,9-13H2,1H3/t15-,16+/m0/s1. The highest BCUT2D eigenvalue weighted by Crippen LogP contribution is 2.27. The zero-order chi connectivity index (χ0) is 18.1. The van der Waals surface area contributed by atoms with Gasteiger partial charge in [-0.3, -0.25) is 0 Å². The number of sulfone groups is 1. The van der Waals surface area contributed by atoms with Crippen molar-refractivity contribution in [3.8, 4) is 0 Å². The maximum absolute atomic E-state index is 13.2. The molecule has 1 aromatic rings. The van der Waals surface area contributed by atoms with Gasteiger partial charge in [-0.2, -0.15) is 4.31 Å². The van der Waals surface area contributed by atoms with Crippen molar-refractivity contribution in [3.05, 3.63) is 29.8 Å². The largest absolute Gasteiger partial charge is 0.377 e. The molecule has 0 radical (unpaired) electrons. The van der Waals surface area contributed by atoms with Gasteiger partial charge in [-0.05, 0) is 43.4 Å². The van der Waals surface area contributed by atoms with Gasteiger partial charge in [0.1, 0.15) is 0 Å². The van der Waals surface area contributed by atoms with Crippen molar-refractivity contribution in [2.24, 2.45) is 0 Å². The molecule has 2 fully saturated rings. The average Bonchev–Trinajstić information content (AvgIpc) is 3.21. The molecule has 2 heterocycles. The van der Waals surface area contributed by atoms with E-state index >= 15 is 0 Å². The highest BCUT2D eigenvalue weighted by atomic mass is 32.2. The van der Waals surface area contributed by atoms with Crippen molar-refractivity contribution in [1.82, 2.24) is 4.31 Å². The Hall–Kier alpha value is -0.960. The molecule has 6 nitrogen and oxygen atoms in total. The number of hydrogen-bond donors (Lipinski definition) is 0. The smallest absolute Gasteiger partial charge is 0.243 e. The SMILES string of the molecule is CCc1ccc(S(=O)(=O)N(C[C@H]2CCCO2)[C@H]2CCS(=O)(=O)C2)cc1. The Morgan fingerprint density at radius 3 is 2.44 bits per heavy atom. The third kappa shape index (κ3) is 4.24. The van der Waals surface area contributed by atoms with Gasteiger partial charge in [0.05, 0.1) is 22.5 Å². The van der Waals surface area contributed by atoms with Gasteiger partial charge in [-0.15, -0.1) is 0 Å². The van der Waals surface area contributed by atoms with Crippen molar-refractivity contribution < 1.29 is 21.6 Å². The van der Waals surface area contributed by atoms with Gasteiger partial charge in [0.15, 0.2) is 9.84 Å². The Morgan fingerprint density at radius 2 is 1.92 bits per heavy atom. The summed E-state index contributed by atoms with van der Waals surface area (Å²) in [6.45, 7) is 2.86. The van der Waals surface area contributed by atoms with Gasteiger partial charge in [-0.1, -0.05) is 19.1 Å². The Labute approximate surface area is 150 Å². The molecule has 0 N–H and O–H groups in total. The van der Waals surface area contributed by atoms with Gasteiger partial charge in [0.25, 0.3) is 0 Å². The van der Waals surface area contributed by atoms with Crippen LogP contribution in [0.2, 0.25) is 0 Å². The summed E-state index contributed by atoms with van der Waals surface area (Å²) < 4.78 is 57.1. The summed E-state index contributed by atoms with van der Waals surface area (Å²) in [5.74, 6) is -0.0595. The van der Waals surface area contributed by atoms with Gasteiger partial charge >= 0.3 is 0 Å². The molecule has 0 bridgehead atoms. The fourth-order valence-electron chi connectivity index (χ4n) is 3.47. The predicted molar refractivity (Wildman–Crippen MR) is 95.7 cm³/mol. The molecular weight excluding hydrogens is 362 g/mol. The van der Waals surface area contributed by atoms with Crippen molar-refractivity contribution in [2.45, 2.75) is 49.6 Å². The third-order valence-corrected chi connectivity index (χ3v) is 8.64. The summed E-state index contributed by atoms with van der Waals surface area (Å²) in [5.41, 5.74) is 1.06. The van der Waals surface area contributed by atoms with Crippen LogP contribution < -0.4 is 0 Å². The molecule has 0 spiro atoms. The number of nitrogens with zero attached hydrogens (tertiary/aromatic N) is 1. The molecule has 2 atom stereocenters. The van der Waals surface area contributed by atoms with Crippen LogP contribution in [0.25, 0.3) is 0 Å². The van der Waals surface area contributed by atoms with Gasteiger partial charge < -0.3 is 4.74 Å². The molecule has 8 heteroatoms. The van der Waals surface area contributed by atoms with Crippen LogP contribution in [0.5, 0.6) is 0 Å². The zero-order valence-corrected chi connectivity index (χ0v) is 16.1. The monoisotopic (exact) mass is 387 g/mol. The van der Waals surface area contributed by atoms with E-state index < -0.39 is 25.9 Å². The van der Waals surface area contributed by atoms with Crippen LogP contribution in [0.1, 0.15) is 31.7 Å². The lowest BCUT2D eigenvalue weighted by atomic mass is 10.2. The van der Waals surface area contributed by atoms with E-state index in [4.69, 9.17) is 4.74 Å². The molecule has 0 amide bonds. The van der Waals surface area contributed by atoms with E-state index in [2.05, 4.69) is 0 Å². The van der Waals surface area contributed by atoms with Crippen molar-refractivity contribution in [3.63, 3.8) is 0 Å². The second-order valence-electron chi connectivity index (χ2n) is 6.76. The Morgan fingerprint density at radius 1 is 1.20 bits per heavy atom. The number of sulfonamides is 1. The number of rotatable bonds is 6. The van der Waals surface area contributed by atoms with Crippen LogP contribution >= 0.6 is 0 Å². The van der Waals surface area contributed by atoms with Crippen LogP contribution in [-0.2, 0) is 31.0 Å². The molecule has 2 saturated heterocycles. The molecule has 0 aromatic heterocycles. The van der Waals surface area contributed by atoms with Gasteiger partial charge in [-0.25, -0.2) is 16.8 Å². The van der Waals surface area contributed by atoms with E-state index in [1.54, 1.807) is 12.1 Å². The zero-order valence-electron chi connectivity index (χ0n) is 14.4. The Bertz CT molecular complexity index is 796. The number of hydrogen-bond acceptors (Lipinski definition) is 5. The van der Waals surface area contributed by atoms with E-state index in [1.807, 2.05) is 19.1 Å². The summed E-state index contributed by atoms with van der Waals surface area (Å²) in [5, 5.41) is 0. The third-order valence-electron chi connectivity index (χ3n) is 4.96. The Kier molecular flexibility index (Phi) is 5.53. The first-order chi connectivity index (χ1) is 11.8. The van der Waals surface area contributed by atoms with Crippen molar-refractivity contribution in [1.29, 1.82) is 0 Å².